The van der Waals surface area contributed by atoms with Crippen molar-refractivity contribution in [2.75, 3.05) is 17.7 Å². The van der Waals surface area contributed by atoms with Gasteiger partial charge in [0.15, 0.2) is 5.65 Å². The first-order chi connectivity index (χ1) is 17.0. The van der Waals surface area contributed by atoms with Crippen LogP contribution in [0.5, 0.6) is 5.88 Å². The largest absolute Gasteiger partial charge is 0.478 e. The molecule has 1 amide bonds. The number of fused-ring (bicyclic) bond motifs is 1. The van der Waals surface area contributed by atoms with Gasteiger partial charge in [0.25, 0.3) is 5.88 Å². The Balaban J connectivity index is 1.59. The lowest BCUT2D eigenvalue weighted by atomic mass is 9.83. The molecule has 3 aromatic heterocycles. The molecule has 1 saturated carbocycles. The van der Waals surface area contributed by atoms with Crippen molar-refractivity contribution in [1.29, 1.82) is 0 Å². The van der Waals surface area contributed by atoms with Crippen LogP contribution >= 0.6 is 0 Å². The van der Waals surface area contributed by atoms with Crippen molar-refractivity contribution in [3.8, 4) is 5.88 Å². The molecule has 0 atom stereocenters. The lowest BCUT2D eigenvalue weighted by Crippen LogP contribution is -2.29. The maximum absolute atomic E-state index is 13.6. The summed E-state index contributed by atoms with van der Waals surface area (Å²) in [6.07, 6.45) is 9.85. The van der Waals surface area contributed by atoms with E-state index in [0.29, 0.717) is 41.1 Å². The second kappa shape index (κ2) is 9.13. The Labute approximate surface area is 201 Å². The molecule has 10 nitrogen and oxygen atoms in total. The summed E-state index contributed by atoms with van der Waals surface area (Å²) in [7, 11) is 3.37. The van der Waals surface area contributed by atoms with E-state index in [-0.39, 0.29) is 11.6 Å². The van der Waals surface area contributed by atoms with Gasteiger partial charge in [0.05, 0.1) is 31.2 Å². The third-order valence-corrected chi connectivity index (χ3v) is 6.27. The first kappa shape index (κ1) is 22.5. The van der Waals surface area contributed by atoms with E-state index in [4.69, 9.17) is 4.74 Å². The van der Waals surface area contributed by atoms with Crippen LogP contribution < -0.4 is 21.1 Å². The number of hydrogen-bond acceptors (Lipinski definition) is 6. The molecule has 1 aliphatic carbocycles. The van der Waals surface area contributed by atoms with E-state index >= 15 is 0 Å². The van der Waals surface area contributed by atoms with E-state index in [1.54, 1.807) is 33.0 Å². The molecule has 0 unspecified atom stereocenters. The number of methoxy groups -OCH3 is 1. The molecule has 0 aliphatic heterocycles. The van der Waals surface area contributed by atoms with Crippen LogP contribution in [0.1, 0.15) is 36.4 Å². The monoisotopic (exact) mass is 473 g/mol. The average Bonchev–Trinajstić information content (AvgIpc) is 3.39. The van der Waals surface area contributed by atoms with E-state index in [1.165, 1.54) is 6.08 Å². The number of aryl methyl sites for hydroxylation is 1. The van der Waals surface area contributed by atoms with Gasteiger partial charge < -0.3 is 15.4 Å². The third kappa shape index (κ3) is 4.30. The highest BCUT2D eigenvalue weighted by molar-refractivity contribution is 5.98. The fraction of sp³-hybridized carbons (Fsp3) is 0.280. The van der Waals surface area contributed by atoms with Gasteiger partial charge in [-0.25, -0.2) is 14.2 Å². The predicted octanol–water partition coefficient (Wildman–Crippen LogP) is 3.42. The Morgan fingerprint density at radius 3 is 2.83 bits per heavy atom. The van der Waals surface area contributed by atoms with Crippen LogP contribution in [0.15, 0.2) is 60.3 Å². The van der Waals surface area contributed by atoms with E-state index < -0.39 is 0 Å². The number of nitrogens with zero attached hydrogens (tertiary/aromatic N) is 5. The Morgan fingerprint density at radius 1 is 1.29 bits per heavy atom. The van der Waals surface area contributed by atoms with Crippen LogP contribution in [0.25, 0.3) is 5.65 Å². The van der Waals surface area contributed by atoms with Crippen LogP contribution in [0.4, 0.5) is 17.1 Å². The molecular formula is C25H27N7O3. The number of amides is 1. The lowest BCUT2D eigenvalue weighted by molar-refractivity contribution is -0.111. The van der Waals surface area contributed by atoms with Gasteiger partial charge in [-0.15, -0.1) is 5.10 Å². The van der Waals surface area contributed by atoms with E-state index in [9.17, 15) is 9.59 Å². The molecule has 0 radical (unpaired) electrons. The number of ether oxygens (including phenoxy) is 1. The standard InChI is InChI=1S/C25H27N7O3/c1-4-22(33)27-18-10-5-7-16(11-18)13-31-15-19(28-20-14-30(2)29-24(20)35-3)23-26-12-21(17-8-6-9-17)32(23)25(31)34/h4-5,7,10-12,14-15,17,28H,1,6,8-9,13H2,2-3H3,(H,27,33). The van der Waals surface area contributed by atoms with Crippen molar-refractivity contribution >= 4 is 28.6 Å². The topological polar surface area (TPSA) is 107 Å². The first-order valence-electron chi connectivity index (χ1n) is 11.4. The predicted molar refractivity (Wildman–Crippen MR) is 133 cm³/mol. The first-order valence-corrected chi connectivity index (χ1v) is 11.4. The molecule has 1 fully saturated rings. The van der Waals surface area contributed by atoms with E-state index in [0.717, 1.165) is 30.5 Å². The Bertz CT molecular complexity index is 1480. The van der Waals surface area contributed by atoms with Crippen molar-refractivity contribution in [2.24, 2.45) is 7.05 Å². The van der Waals surface area contributed by atoms with Gasteiger partial charge in [-0.2, -0.15) is 0 Å². The minimum atomic E-state index is -0.291. The van der Waals surface area contributed by atoms with Gasteiger partial charge in [0, 0.05) is 31.0 Å². The highest BCUT2D eigenvalue weighted by Gasteiger charge is 2.26. The van der Waals surface area contributed by atoms with Crippen LogP contribution in [0, 0.1) is 0 Å². The Kier molecular flexibility index (Phi) is 5.86. The van der Waals surface area contributed by atoms with Gasteiger partial charge in [-0.3, -0.25) is 14.0 Å². The van der Waals surface area contributed by atoms with Gasteiger partial charge >= 0.3 is 5.69 Å². The zero-order valence-electron chi connectivity index (χ0n) is 19.7. The average molecular weight is 474 g/mol. The second-order valence-corrected chi connectivity index (χ2v) is 8.67. The molecule has 0 spiro atoms. The summed E-state index contributed by atoms with van der Waals surface area (Å²) in [5.74, 6) is 0.479. The minimum Gasteiger partial charge on any atom is -0.478 e. The van der Waals surface area contributed by atoms with Crippen molar-refractivity contribution in [3.05, 3.63) is 77.3 Å². The second-order valence-electron chi connectivity index (χ2n) is 8.67. The zero-order valence-corrected chi connectivity index (χ0v) is 19.7. The molecule has 2 N–H and O–H groups in total. The van der Waals surface area contributed by atoms with Crippen molar-refractivity contribution < 1.29 is 9.53 Å². The lowest BCUT2D eigenvalue weighted by Gasteiger charge is -2.25. The van der Waals surface area contributed by atoms with E-state index in [1.807, 2.05) is 37.6 Å². The number of aromatic nitrogens is 5. The molecule has 4 aromatic rings. The highest BCUT2D eigenvalue weighted by Crippen LogP contribution is 2.37. The molecule has 3 heterocycles. The fourth-order valence-electron chi connectivity index (χ4n) is 4.33. The zero-order chi connectivity index (χ0) is 24.5. The number of benzene rings is 1. The number of anilines is 3. The molecule has 1 aliphatic rings. The molecule has 180 valence electrons. The summed E-state index contributed by atoms with van der Waals surface area (Å²) >= 11 is 0. The number of imidazole rings is 1. The number of carbonyl (C=O) groups is 1. The summed E-state index contributed by atoms with van der Waals surface area (Å²) in [5.41, 5.74) is 4.16. The van der Waals surface area contributed by atoms with Crippen LogP contribution in [0.3, 0.4) is 0 Å². The van der Waals surface area contributed by atoms with Crippen molar-refractivity contribution in [2.45, 2.75) is 31.7 Å². The smallest absolute Gasteiger partial charge is 0.334 e. The van der Waals surface area contributed by atoms with Crippen molar-refractivity contribution in [3.63, 3.8) is 0 Å². The summed E-state index contributed by atoms with van der Waals surface area (Å²) in [6.45, 7) is 3.80. The molecule has 0 saturated heterocycles. The molecule has 35 heavy (non-hydrogen) atoms. The molecule has 5 rings (SSSR count). The summed E-state index contributed by atoms with van der Waals surface area (Å²) in [5, 5.41) is 10.4. The van der Waals surface area contributed by atoms with Crippen LogP contribution in [-0.4, -0.2) is 36.7 Å². The maximum Gasteiger partial charge on any atom is 0.334 e. The highest BCUT2D eigenvalue weighted by atomic mass is 16.5. The van der Waals surface area contributed by atoms with Crippen LogP contribution in [-0.2, 0) is 18.4 Å². The quantitative estimate of drug-likeness (QED) is 0.380. The number of rotatable bonds is 8. The normalized spacial score (nSPS) is 13.4. The van der Waals surface area contributed by atoms with Gasteiger partial charge in [-0.1, -0.05) is 25.1 Å². The Morgan fingerprint density at radius 2 is 2.11 bits per heavy atom. The third-order valence-electron chi connectivity index (χ3n) is 6.27. The maximum atomic E-state index is 13.6. The van der Waals surface area contributed by atoms with Gasteiger partial charge in [0.1, 0.15) is 5.69 Å². The summed E-state index contributed by atoms with van der Waals surface area (Å²) in [4.78, 5) is 30.0. The van der Waals surface area contributed by atoms with Gasteiger partial charge in [-0.05, 0) is 36.6 Å². The number of hydrogen-bond donors (Lipinski definition) is 2. The fourth-order valence-corrected chi connectivity index (χ4v) is 4.33. The van der Waals surface area contributed by atoms with Crippen molar-refractivity contribution in [1.82, 2.24) is 23.7 Å². The number of nitrogens with one attached hydrogen (secondary N) is 2. The van der Waals surface area contributed by atoms with Gasteiger partial charge in [0.2, 0.25) is 5.91 Å². The Hall–Kier alpha value is -4.34. The number of carbonyl (C=O) groups excluding carboxylic acids is 1. The molecule has 10 heteroatoms. The van der Waals surface area contributed by atoms with Crippen LogP contribution in [0.2, 0.25) is 0 Å². The molecule has 0 bridgehead atoms. The SMILES string of the molecule is C=CC(=O)Nc1cccc(Cn2cc(Nc3cn(C)nc3OC)c3ncc(C4CCC4)n3c2=O)c1. The summed E-state index contributed by atoms with van der Waals surface area (Å²) < 4.78 is 10.4. The molecule has 1 aromatic carbocycles. The minimum absolute atomic E-state index is 0.163. The molecular weight excluding hydrogens is 446 g/mol. The van der Waals surface area contributed by atoms with E-state index in [2.05, 4.69) is 27.3 Å². The summed E-state index contributed by atoms with van der Waals surface area (Å²) in [6, 6.07) is 7.39.